The Balaban J connectivity index is 1.30. The number of thiazole rings is 1. The molecule has 3 aliphatic rings. The Morgan fingerprint density at radius 1 is 1.32 bits per heavy atom. The average molecular weight is 590 g/mol. The van der Waals surface area contributed by atoms with Gasteiger partial charge in [0.05, 0.1) is 29.8 Å². The van der Waals surface area contributed by atoms with Gasteiger partial charge in [0.2, 0.25) is 5.91 Å². The van der Waals surface area contributed by atoms with Crippen LogP contribution in [0, 0.1) is 5.92 Å². The van der Waals surface area contributed by atoms with Crippen LogP contribution in [0.15, 0.2) is 34.4 Å². The molecule has 8 nitrogen and oxygen atoms in total. The summed E-state index contributed by atoms with van der Waals surface area (Å²) < 4.78 is 38.8. The number of aliphatic imine (C=N–C) groups is 2. The van der Waals surface area contributed by atoms with E-state index in [4.69, 9.17) is 9.47 Å². The summed E-state index contributed by atoms with van der Waals surface area (Å²) in [6, 6.07) is -0.0309. The molecule has 2 saturated carbocycles. The molecule has 0 atom stereocenters. The van der Waals surface area contributed by atoms with E-state index in [2.05, 4.69) is 26.9 Å². The van der Waals surface area contributed by atoms with Crippen LogP contribution < -0.4 is 5.32 Å². The fourth-order valence-electron chi connectivity index (χ4n) is 5.21. The van der Waals surface area contributed by atoms with E-state index in [-0.39, 0.29) is 37.1 Å². The maximum absolute atomic E-state index is 13.9. The maximum atomic E-state index is 13.9. The number of nitrogens with zero attached hydrogens (tertiary/aromatic N) is 4. The maximum Gasteiger partial charge on any atom is 0.283 e. The van der Waals surface area contributed by atoms with Crippen LogP contribution in [-0.2, 0) is 14.3 Å². The van der Waals surface area contributed by atoms with Crippen molar-refractivity contribution in [2.75, 3.05) is 38.2 Å². The topological polar surface area (TPSA) is 88.4 Å². The summed E-state index contributed by atoms with van der Waals surface area (Å²) in [6.07, 6.45) is 16.3. The summed E-state index contributed by atoms with van der Waals surface area (Å²) in [5.74, 6) is -2.58. The lowest BCUT2D eigenvalue weighted by Crippen LogP contribution is -2.51. The summed E-state index contributed by atoms with van der Waals surface area (Å²) in [5, 5.41) is 3.39. The van der Waals surface area contributed by atoms with E-state index in [0.717, 1.165) is 23.3 Å². The van der Waals surface area contributed by atoms with Crippen molar-refractivity contribution in [1.82, 2.24) is 9.88 Å². The van der Waals surface area contributed by atoms with Crippen LogP contribution in [0.4, 0.5) is 13.9 Å². The molecule has 0 bridgehead atoms. The number of anilines is 1. The van der Waals surface area contributed by atoms with E-state index in [1.54, 1.807) is 23.4 Å². The number of hydrogen-bond acceptors (Lipinski definition) is 7. The Morgan fingerprint density at radius 3 is 2.83 bits per heavy atom. The number of hydrogen-bond donors (Lipinski definition) is 1. The molecule has 2 aliphatic carbocycles. The van der Waals surface area contributed by atoms with E-state index in [1.165, 1.54) is 30.6 Å². The van der Waals surface area contributed by atoms with E-state index >= 15 is 0 Å². The summed E-state index contributed by atoms with van der Waals surface area (Å²) in [5.41, 5.74) is 1.60. The molecule has 1 amide bonds. The van der Waals surface area contributed by atoms with Gasteiger partial charge in [-0.2, -0.15) is 0 Å². The van der Waals surface area contributed by atoms with Crippen molar-refractivity contribution < 1.29 is 23.0 Å². The molecule has 1 aromatic rings. The molecule has 11 heteroatoms. The van der Waals surface area contributed by atoms with E-state index in [9.17, 15) is 13.6 Å². The van der Waals surface area contributed by atoms with Gasteiger partial charge in [0.25, 0.3) is 5.92 Å². The molecule has 1 aromatic heterocycles. The zero-order valence-corrected chi connectivity index (χ0v) is 24.8. The highest BCUT2D eigenvalue weighted by Gasteiger charge is 2.43. The van der Waals surface area contributed by atoms with Gasteiger partial charge in [-0.05, 0) is 57.3 Å². The number of amides is 1. The lowest BCUT2D eigenvalue weighted by atomic mass is 9.78. The Bertz CT molecular complexity index is 1170. The third kappa shape index (κ3) is 9.46. The molecule has 1 saturated heterocycles. The largest absolute Gasteiger partial charge is 0.374 e. The van der Waals surface area contributed by atoms with Crippen LogP contribution in [0.25, 0.3) is 12.2 Å². The van der Waals surface area contributed by atoms with Gasteiger partial charge in [-0.3, -0.25) is 9.69 Å². The smallest absolute Gasteiger partial charge is 0.283 e. The van der Waals surface area contributed by atoms with Gasteiger partial charge in [-0.1, -0.05) is 43.3 Å². The molecule has 4 rings (SSSR count). The summed E-state index contributed by atoms with van der Waals surface area (Å²) >= 11 is 1.36. The molecule has 0 aromatic carbocycles. The Kier molecular flexibility index (Phi) is 11.5. The standard InChI is InChI=1S/C30H41F2N5O3S/c1-4-25-26(12-11-21(3)17-34-27(33-5-2)18-40-24-9-7-6-8-10-24)41-29(35-25)36-28(38)22-15-23(16-22)37-13-14-39-20-30(31,32)19-37/h4-5,11-12,17,22-24H,1,6-10,13-16,18-20H2,2-3H3,(H,35,36,38)/b12-11+,21-17+,33-5-,34-27-. The zero-order valence-electron chi connectivity index (χ0n) is 24.0. The van der Waals surface area contributed by atoms with Crippen LogP contribution in [-0.4, -0.2) is 78.8 Å². The first kappa shape index (κ1) is 31.3. The van der Waals surface area contributed by atoms with Crippen molar-refractivity contribution in [3.8, 4) is 0 Å². The van der Waals surface area contributed by atoms with Gasteiger partial charge in [0.15, 0.2) is 11.0 Å². The number of alkyl halides is 2. The fraction of sp³-hybridized carbons (Fsp3) is 0.600. The Morgan fingerprint density at radius 2 is 2.10 bits per heavy atom. The summed E-state index contributed by atoms with van der Waals surface area (Å²) in [7, 11) is 0. The Labute approximate surface area is 245 Å². The minimum Gasteiger partial charge on any atom is -0.374 e. The van der Waals surface area contributed by atoms with Gasteiger partial charge in [0.1, 0.15) is 13.2 Å². The number of amidine groups is 1. The van der Waals surface area contributed by atoms with Crippen LogP contribution in [0.1, 0.15) is 69.4 Å². The van der Waals surface area contributed by atoms with Crippen LogP contribution in [0.5, 0.6) is 0 Å². The second kappa shape index (κ2) is 15.0. The predicted octanol–water partition coefficient (Wildman–Crippen LogP) is 6.23. The molecular formula is C30H41F2N5O3S. The van der Waals surface area contributed by atoms with Crippen molar-refractivity contribution in [3.05, 3.63) is 35.0 Å². The number of rotatable bonds is 10. The monoisotopic (exact) mass is 589 g/mol. The van der Waals surface area contributed by atoms with E-state index < -0.39 is 12.5 Å². The summed E-state index contributed by atoms with van der Waals surface area (Å²) in [4.78, 5) is 28.8. The average Bonchev–Trinajstić information content (AvgIpc) is 3.22. The van der Waals surface area contributed by atoms with E-state index in [0.29, 0.717) is 42.7 Å². The van der Waals surface area contributed by atoms with Crippen molar-refractivity contribution >= 4 is 46.6 Å². The first-order valence-electron chi connectivity index (χ1n) is 14.4. The van der Waals surface area contributed by atoms with Gasteiger partial charge in [-0.15, -0.1) is 0 Å². The molecule has 1 N–H and O–H groups in total. The van der Waals surface area contributed by atoms with Gasteiger partial charge >= 0.3 is 0 Å². The number of ether oxygens (including phenoxy) is 2. The third-order valence-corrected chi connectivity index (χ3v) is 8.52. The molecule has 0 radical (unpaired) electrons. The Hall–Kier alpha value is -2.60. The number of allylic oxidation sites excluding steroid dienone is 2. The number of carbonyl (C=O) groups is 1. The second-order valence-corrected chi connectivity index (χ2v) is 11.9. The number of carbonyl (C=O) groups excluding carboxylic acids is 1. The predicted molar refractivity (Wildman–Crippen MR) is 162 cm³/mol. The summed E-state index contributed by atoms with van der Waals surface area (Å²) in [6.45, 7) is 7.93. The van der Waals surface area contributed by atoms with Gasteiger partial charge < -0.3 is 14.8 Å². The van der Waals surface area contributed by atoms with Crippen molar-refractivity contribution in [2.24, 2.45) is 15.9 Å². The highest BCUT2D eigenvalue weighted by Crippen LogP contribution is 2.35. The highest BCUT2D eigenvalue weighted by atomic mass is 32.1. The minimum atomic E-state index is -2.86. The van der Waals surface area contributed by atoms with Crippen LogP contribution in [0.3, 0.4) is 0 Å². The molecule has 3 fully saturated rings. The quantitative estimate of drug-likeness (QED) is 0.199. The molecule has 1 aliphatic heterocycles. The van der Waals surface area contributed by atoms with Crippen molar-refractivity contribution in [2.45, 2.75) is 76.9 Å². The molecule has 0 spiro atoms. The zero-order chi connectivity index (χ0) is 29.2. The minimum absolute atomic E-state index is 0.0309. The van der Waals surface area contributed by atoms with E-state index in [1.807, 2.05) is 26.0 Å². The van der Waals surface area contributed by atoms with Crippen molar-refractivity contribution in [1.29, 1.82) is 0 Å². The normalized spacial score (nSPS) is 24.9. The molecule has 2 heterocycles. The first-order chi connectivity index (χ1) is 19.8. The molecule has 224 valence electrons. The number of aromatic nitrogens is 1. The third-order valence-electron chi connectivity index (χ3n) is 7.57. The molecule has 0 unspecified atom stereocenters. The molecular weight excluding hydrogens is 548 g/mol. The van der Waals surface area contributed by atoms with Gasteiger partial charge in [0, 0.05) is 30.9 Å². The fourth-order valence-corrected chi connectivity index (χ4v) is 6.09. The van der Waals surface area contributed by atoms with Crippen LogP contribution >= 0.6 is 11.3 Å². The number of nitrogens with one attached hydrogen (secondary N) is 1. The first-order valence-corrected chi connectivity index (χ1v) is 15.2. The number of halogens is 2. The van der Waals surface area contributed by atoms with Crippen molar-refractivity contribution in [3.63, 3.8) is 0 Å². The van der Waals surface area contributed by atoms with Crippen LogP contribution in [0.2, 0.25) is 0 Å². The van der Waals surface area contributed by atoms with Gasteiger partial charge in [-0.25, -0.2) is 23.7 Å². The lowest BCUT2D eigenvalue weighted by Gasteiger charge is -2.42. The highest BCUT2D eigenvalue weighted by molar-refractivity contribution is 7.16. The lowest BCUT2D eigenvalue weighted by molar-refractivity contribution is -0.125. The second-order valence-electron chi connectivity index (χ2n) is 10.9. The molecule has 41 heavy (non-hydrogen) atoms. The SMILES string of the molecule is C=Cc1nc(NC(=O)C2CC(N3CCOCC(F)(F)C3)C2)sc1/C=C/C(C)=C/N=C(COC1CCCCC1)\N=C/C.